The van der Waals surface area contributed by atoms with Crippen molar-refractivity contribution in [2.24, 2.45) is 0 Å². The third kappa shape index (κ3) is 0.795. The van der Waals surface area contributed by atoms with Gasteiger partial charge >= 0.3 is 0 Å². The van der Waals surface area contributed by atoms with Crippen LogP contribution in [0.1, 0.15) is 0 Å². The van der Waals surface area contributed by atoms with Crippen molar-refractivity contribution in [2.45, 2.75) is 0 Å². The molecule has 0 aliphatic carbocycles. The Bertz CT molecular complexity index is 316. The van der Waals surface area contributed by atoms with Crippen LogP contribution in [0.2, 0.25) is 0 Å². The molecule has 3 N–H and O–H groups in total. The summed E-state index contributed by atoms with van der Waals surface area (Å²) in [5.74, 6) is 4.13. The van der Waals surface area contributed by atoms with E-state index in [9.17, 15) is 0 Å². The molecule has 0 atom stereocenters. The fourth-order valence-corrected chi connectivity index (χ4v) is 0.484. The molecule has 0 fully saturated rings. The fourth-order valence-electron chi connectivity index (χ4n) is 0.484. The molecule has 0 amide bonds. The van der Waals surface area contributed by atoms with Gasteiger partial charge in [0.1, 0.15) is 5.35 Å². The number of hydrogen-bond donors (Lipinski definition) is 3. The molecule has 4 heteroatoms. The van der Waals surface area contributed by atoms with Crippen LogP contribution in [0.25, 0.3) is 0 Å². The number of nitrogens with one attached hydrogen (secondary N) is 3. The number of imidazole rings is 1. The molecule has 0 saturated carbocycles. The highest BCUT2D eigenvalue weighted by Crippen LogP contribution is 1.41. The van der Waals surface area contributed by atoms with Crippen LogP contribution in [0.5, 0.6) is 0 Å². The minimum atomic E-state index is 0.324. The lowest BCUT2D eigenvalue weighted by molar-refractivity contribution is 1.29. The molecule has 44 valence electrons. The van der Waals surface area contributed by atoms with Gasteiger partial charge in [0.05, 0.1) is 6.33 Å². The lowest BCUT2D eigenvalue weighted by Crippen LogP contribution is -2.26. The molecular formula is C5H4N4. The van der Waals surface area contributed by atoms with Crippen molar-refractivity contribution in [1.29, 1.82) is 10.8 Å². The van der Waals surface area contributed by atoms with E-state index in [0.29, 0.717) is 10.7 Å². The third-order valence-electron chi connectivity index (χ3n) is 0.883. The Balaban J connectivity index is 3.92. The topological polar surface area (TPSA) is 76.4 Å². The molecule has 0 unspecified atom stereocenters. The van der Waals surface area contributed by atoms with E-state index in [1.54, 1.807) is 0 Å². The average molecular weight is 120 g/mol. The lowest BCUT2D eigenvalue weighted by atomic mass is 10.6. The Labute approximate surface area is 50.6 Å². The molecule has 0 saturated heterocycles. The summed E-state index contributed by atoms with van der Waals surface area (Å²) in [7, 11) is 0. The van der Waals surface area contributed by atoms with Crippen LogP contribution >= 0.6 is 0 Å². The van der Waals surface area contributed by atoms with E-state index < -0.39 is 0 Å². The number of H-pyrrole nitrogens is 1. The van der Waals surface area contributed by atoms with Gasteiger partial charge in [-0.3, -0.25) is 10.8 Å². The van der Waals surface area contributed by atoms with Crippen LogP contribution in [-0.4, -0.2) is 21.7 Å². The maximum atomic E-state index is 6.66. The van der Waals surface area contributed by atoms with Gasteiger partial charge in [-0.2, -0.15) is 0 Å². The molecule has 0 aliphatic rings. The minimum Gasteiger partial charge on any atom is -0.336 e. The van der Waals surface area contributed by atoms with E-state index in [0.717, 1.165) is 0 Å². The summed E-state index contributed by atoms with van der Waals surface area (Å²) >= 11 is 0. The van der Waals surface area contributed by atoms with Crippen LogP contribution in [-0.2, 0) is 0 Å². The predicted octanol–water partition coefficient (Wildman–Crippen LogP) is -1.75. The highest BCUT2D eigenvalue weighted by atomic mass is 14.9. The van der Waals surface area contributed by atoms with E-state index >= 15 is 0 Å². The van der Waals surface area contributed by atoms with Crippen molar-refractivity contribution >= 4 is 11.7 Å². The van der Waals surface area contributed by atoms with E-state index in [1.807, 2.05) is 0 Å². The van der Waals surface area contributed by atoms with Crippen LogP contribution < -0.4 is 10.7 Å². The summed E-state index contributed by atoms with van der Waals surface area (Å²) in [6.07, 6.45) is 1.40. The summed E-state index contributed by atoms with van der Waals surface area (Å²) in [6, 6.07) is 0. The van der Waals surface area contributed by atoms with Gasteiger partial charge in [-0.05, 0) is 0 Å². The Kier molecular flexibility index (Phi) is 1.28. The number of nitrogens with zero attached hydrogens (tertiary/aromatic N) is 1. The molecule has 1 aromatic rings. The van der Waals surface area contributed by atoms with E-state index in [-0.39, 0.29) is 0 Å². The molecule has 0 spiro atoms. The highest BCUT2D eigenvalue weighted by molar-refractivity contribution is 5.52. The lowest BCUT2D eigenvalue weighted by Gasteiger charge is -1.59. The van der Waals surface area contributed by atoms with Gasteiger partial charge in [-0.25, -0.2) is 4.98 Å². The zero-order valence-corrected chi connectivity index (χ0v) is 4.52. The first-order chi connectivity index (χ1) is 4.38. The van der Waals surface area contributed by atoms with E-state index in [2.05, 4.69) is 21.7 Å². The Morgan fingerprint density at radius 2 is 2.22 bits per heavy atom. The maximum absolute atomic E-state index is 6.66. The minimum absolute atomic E-state index is 0.324. The van der Waals surface area contributed by atoms with Gasteiger partial charge in [-0.1, -0.05) is 0 Å². The van der Waals surface area contributed by atoms with Gasteiger partial charge in [0, 0.05) is 11.7 Å². The molecular weight excluding hydrogens is 116 g/mol. The number of aromatic nitrogens is 2. The monoisotopic (exact) mass is 120 g/mol. The Hall–Kier alpha value is -1.63. The normalized spacial score (nSPS) is 8.00. The first kappa shape index (κ1) is 5.51. The van der Waals surface area contributed by atoms with Crippen molar-refractivity contribution in [1.82, 2.24) is 9.97 Å². The smallest absolute Gasteiger partial charge is 0.158 e. The molecule has 4 nitrogen and oxygen atoms in total. The zero-order valence-electron chi connectivity index (χ0n) is 4.52. The Morgan fingerprint density at radius 3 is 2.67 bits per heavy atom. The van der Waals surface area contributed by atoms with Gasteiger partial charge in [0.2, 0.25) is 0 Å². The highest BCUT2D eigenvalue weighted by Gasteiger charge is 1.80. The van der Waals surface area contributed by atoms with Crippen LogP contribution in [0, 0.1) is 10.8 Å². The summed E-state index contributed by atoms with van der Waals surface area (Å²) in [6.45, 7) is 0. The van der Waals surface area contributed by atoms with E-state index in [4.69, 9.17) is 10.8 Å². The van der Waals surface area contributed by atoms with Gasteiger partial charge in [0.15, 0.2) is 5.35 Å². The standard InChI is InChI=1S/C5H4N4/c6-1-4-5(2-7)9-3-8-4/h3,6-7H,(H,8,9). The summed E-state index contributed by atoms with van der Waals surface area (Å²) in [5, 5.41) is 14.0. The molecule has 1 aromatic heterocycles. The van der Waals surface area contributed by atoms with Crippen LogP contribution in [0.4, 0.5) is 0 Å². The van der Waals surface area contributed by atoms with E-state index in [1.165, 1.54) is 6.33 Å². The van der Waals surface area contributed by atoms with Crippen molar-refractivity contribution < 1.29 is 0 Å². The van der Waals surface area contributed by atoms with Crippen molar-refractivity contribution in [3.8, 4) is 0 Å². The molecule has 0 aromatic carbocycles. The average Bonchev–Trinajstić information content (AvgIpc) is 2.33. The number of aromatic amines is 1. The van der Waals surface area contributed by atoms with Gasteiger partial charge < -0.3 is 4.98 Å². The van der Waals surface area contributed by atoms with Crippen molar-refractivity contribution in [2.75, 3.05) is 0 Å². The summed E-state index contributed by atoms with van der Waals surface area (Å²) in [4.78, 5) is 6.28. The number of rotatable bonds is 0. The van der Waals surface area contributed by atoms with Crippen molar-refractivity contribution in [3.63, 3.8) is 0 Å². The van der Waals surface area contributed by atoms with Crippen LogP contribution in [0.3, 0.4) is 0 Å². The third-order valence-corrected chi connectivity index (χ3v) is 0.883. The molecule has 0 aliphatic heterocycles. The Morgan fingerprint density at radius 1 is 1.44 bits per heavy atom. The first-order valence-electron chi connectivity index (χ1n) is 2.27. The molecule has 9 heavy (non-hydrogen) atoms. The largest absolute Gasteiger partial charge is 0.336 e. The molecule has 0 radical (unpaired) electrons. The predicted molar refractivity (Wildman–Crippen MR) is 31.5 cm³/mol. The molecule has 1 rings (SSSR count). The zero-order chi connectivity index (χ0) is 6.69. The molecule has 0 bridgehead atoms. The number of hydrogen-bond acceptors (Lipinski definition) is 3. The second-order valence-corrected chi connectivity index (χ2v) is 1.38. The summed E-state index contributed by atoms with van der Waals surface area (Å²) in [5.41, 5.74) is 0. The SMILES string of the molecule is N=C=c1nc[nH]c1=C=N. The molecule has 1 heterocycles. The van der Waals surface area contributed by atoms with Gasteiger partial charge in [0.25, 0.3) is 0 Å². The quantitative estimate of drug-likeness (QED) is 0.349. The van der Waals surface area contributed by atoms with Gasteiger partial charge in [-0.15, -0.1) is 0 Å². The van der Waals surface area contributed by atoms with Crippen molar-refractivity contribution in [3.05, 3.63) is 17.0 Å². The maximum Gasteiger partial charge on any atom is 0.158 e. The summed E-state index contributed by atoms with van der Waals surface area (Å²) < 4.78 is 0. The fraction of sp³-hybridized carbons (Fsp3) is 0. The second-order valence-electron chi connectivity index (χ2n) is 1.38. The van der Waals surface area contributed by atoms with Crippen LogP contribution in [0.15, 0.2) is 6.33 Å². The first-order valence-corrected chi connectivity index (χ1v) is 2.27. The second kappa shape index (κ2) is 2.09.